The van der Waals surface area contributed by atoms with Gasteiger partial charge in [-0.15, -0.1) is 0 Å². The minimum Gasteiger partial charge on any atom is -0.370 e. The van der Waals surface area contributed by atoms with E-state index in [2.05, 4.69) is 32.8 Å². The van der Waals surface area contributed by atoms with E-state index in [1.54, 1.807) is 0 Å². The standard InChI is InChI=1S/C23H37NO2/c1-13(25)16-8-9-17-15-7-6-14-10-19-20(26-19)12-22(14,2)21(15)18(24(4)5)11-23(16,17)3/h14-21H,6-12H2,1-5H3/t14-,15-,16+,17-,18+,19-,20+,21+,22-,23+/m0/s1. The lowest BCUT2D eigenvalue weighted by molar-refractivity contribution is -0.149. The number of Topliss-reactive ketones (excluding diaryl/α,β-unsaturated/α-hetero) is 1. The molecule has 0 aromatic heterocycles. The maximum absolute atomic E-state index is 12.5. The van der Waals surface area contributed by atoms with Crippen LogP contribution >= 0.6 is 0 Å². The molecule has 0 bridgehead atoms. The number of carbonyl (C=O) groups is 1. The van der Waals surface area contributed by atoms with Gasteiger partial charge in [0.25, 0.3) is 0 Å². The molecule has 4 aliphatic carbocycles. The van der Waals surface area contributed by atoms with Gasteiger partial charge in [-0.25, -0.2) is 0 Å². The van der Waals surface area contributed by atoms with Gasteiger partial charge in [0.05, 0.1) is 12.2 Å². The molecule has 0 aromatic carbocycles. The first-order valence-electron chi connectivity index (χ1n) is 11.1. The summed E-state index contributed by atoms with van der Waals surface area (Å²) in [5.74, 6) is 3.94. The van der Waals surface area contributed by atoms with Crippen LogP contribution in [-0.2, 0) is 9.53 Å². The summed E-state index contributed by atoms with van der Waals surface area (Å²) < 4.78 is 6.01. The third-order valence-corrected chi connectivity index (χ3v) is 9.99. The number of hydrogen-bond acceptors (Lipinski definition) is 3. The van der Waals surface area contributed by atoms with Gasteiger partial charge in [-0.1, -0.05) is 13.8 Å². The topological polar surface area (TPSA) is 32.8 Å². The molecule has 5 fully saturated rings. The van der Waals surface area contributed by atoms with Gasteiger partial charge in [-0.2, -0.15) is 0 Å². The van der Waals surface area contributed by atoms with Crippen LogP contribution in [0.1, 0.15) is 65.7 Å². The Labute approximate surface area is 159 Å². The largest absolute Gasteiger partial charge is 0.370 e. The molecule has 3 heteroatoms. The number of fused-ring (bicyclic) bond motifs is 6. The van der Waals surface area contributed by atoms with E-state index < -0.39 is 0 Å². The second-order valence-electron chi connectivity index (χ2n) is 11.2. The van der Waals surface area contributed by atoms with Gasteiger partial charge in [-0.05, 0) is 100 Å². The van der Waals surface area contributed by atoms with Gasteiger partial charge in [-0.3, -0.25) is 4.79 Å². The van der Waals surface area contributed by atoms with Gasteiger partial charge < -0.3 is 9.64 Å². The molecule has 10 atom stereocenters. The van der Waals surface area contributed by atoms with Crippen molar-refractivity contribution in [2.45, 2.75) is 84.0 Å². The fourth-order valence-corrected chi connectivity index (χ4v) is 8.82. The number of ether oxygens (including phenoxy) is 1. The number of rotatable bonds is 2. The van der Waals surface area contributed by atoms with Crippen molar-refractivity contribution in [2.24, 2.45) is 40.4 Å². The van der Waals surface area contributed by atoms with E-state index in [0.29, 0.717) is 35.4 Å². The van der Waals surface area contributed by atoms with Crippen molar-refractivity contribution in [1.82, 2.24) is 4.90 Å². The summed E-state index contributed by atoms with van der Waals surface area (Å²) in [7, 11) is 4.57. The van der Waals surface area contributed by atoms with Crippen LogP contribution in [-0.4, -0.2) is 43.0 Å². The molecule has 0 amide bonds. The van der Waals surface area contributed by atoms with Crippen LogP contribution < -0.4 is 0 Å². The maximum atomic E-state index is 12.5. The molecule has 0 N–H and O–H groups in total. The van der Waals surface area contributed by atoms with Crippen LogP contribution in [0.25, 0.3) is 0 Å². The molecule has 0 radical (unpaired) electrons. The average molecular weight is 360 g/mol. The second-order valence-corrected chi connectivity index (χ2v) is 11.2. The molecule has 4 saturated carbocycles. The quantitative estimate of drug-likeness (QED) is 0.694. The molecular formula is C23H37NO2. The number of carbonyl (C=O) groups excluding carboxylic acids is 1. The zero-order valence-electron chi connectivity index (χ0n) is 17.3. The van der Waals surface area contributed by atoms with E-state index in [1.807, 2.05) is 6.92 Å². The van der Waals surface area contributed by atoms with E-state index in [0.717, 1.165) is 30.1 Å². The van der Waals surface area contributed by atoms with E-state index >= 15 is 0 Å². The second kappa shape index (κ2) is 5.56. The van der Waals surface area contributed by atoms with Crippen molar-refractivity contribution in [3.63, 3.8) is 0 Å². The molecule has 5 rings (SSSR count). The van der Waals surface area contributed by atoms with Crippen LogP contribution in [0.2, 0.25) is 0 Å². The van der Waals surface area contributed by atoms with Gasteiger partial charge in [0.2, 0.25) is 0 Å². The predicted molar refractivity (Wildman–Crippen MR) is 103 cm³/mol. The lowest BCUT2D eigenvalue weighted by Gasteiger charge is -2.63. The first kappa shape index (κ1) is 17.7. The molecule has 146 valence electrons. The minimum atomic E-state index is 0.221. The summed E-state index contributed by atoms with van der Waals surface area (Å²) >= 11 is 0. The van der Waals surface area contributed by atoms with Gasteiger partial charge in [0, 0.05) is 12.0 Å². The normalized spacial score (nSPS) is 57.8. The van der Waals surface area contributed by atoms with Crippen molar-refractivity contribution < 1.29 is 9.53 Å². The number of nitrogens with zero attached hydrogens (tertiary/aromatic N) is 1. The molecule has 0 aromatic rings. The lowest BCUT2D eigenvalue weighted by Crippen LogP contribution is -2.62. The Kier molecular flexibility index (Phi) is 3.78. The lowest BCUT2D eigenvalue weighted by atomic mass is 9.43. The zero-order valence-corrected chi connectivity index (χ0v) is 17.3. The number of hydrogen-bond donors (Lipinski definition) is 0. The third-order valence-electron chi connectivity index (χ3n) is 9.99. The molecule has 3 nitrogen and oxygen atoms in total. The van der Waals surface area contributed by atoms with Crippen LogP contribution in [0.5, 0.6) is 0 Å². The molecule has 1 saturated heterocycles. The smallest absolute Gasteiger partial charge is 0.133 e. The Morgan fingerprint density at radius 3 is 2.46 bits per heavy atom. The molecule has 0 unspecified atom stereocenters. The summed E-state index contributed by atoms with van der Waals surface area (Å²) in [4.78, 5) is 15.0. The van der Waals surface area contributed by atoms with E-state index in [9.17, 15) is 4.79 Å². The predicted octanol–water partition coefficient (Wildman–Crippen LogP) is 4.15. The SMILES string of the molecule is CC(=O)[C@H]1CC[C@H]2[C@@H]3CC[C@H]4C[C@@H]5O[C@@H]5C[C@]4(C)[C@H]3[C@H](N(C)C)C[C@]12C. The molecule has 1 aliphatic heterocycles. The molecule has 5 aliphatic rings. The highest BCUT2D eigenvalue weighted by Gasteiger charge is 2.66. The fourth-order valence-electron chi connectivity index (χ4n) is 8.82. The minimum absolute atomic E-state index is 0.221. The van der Waals surface area contributed by atoms with E-state index in [4.69, 9.17) is 4.74 Å². The molecule has 26 heavy (non-hydrogen) atoms. The van der Waals surface area contributed by atoms with Gasteiger partial charge in [0.1, 0.15) is 5.78 Å². The number of epoxide rings is 1. The van der Waals surface area contributed by atoms with Crippen molar-refractivity contribution >= 4 is 5.78 Å². The molecule has 1 heterocycles. The first-order valence-corrected chi connectivity index (χ1v) is 11.1. The van der Waals surface area contributed by atoms with Crippen molar-refractivity contribution in [2.75, 3.05) is 14.1 Å². The van der Waals surface area contributed by atoms with Crippen LogP contribution in [0.15, 0.2) is 0 Å². The van der Waals surface area contributed by atoms with Crippen LogP contribution in [0, 0.1) is 40.4 Å². The van der Waals surface area contributed by atoms with Crippen molar-refractivity contribution in [3.8, 4) is 0 Å². The summed E-state index contributed by atoms with van der Waals surface area (Å²) in [6.45, 7) is 6.93. The van der Waals surface area contributed by atoms with E-state index in [1.165, 1.54) is 38.5 Å². The van der Waals surface area contributed by atoms with E-state index in [-0.39, 0.29) is 5.41 Å². The fraction of sp³-hybridized carbons (Fsp3) is 0.957. The molecule has 0 spiro atoms. The first-order chi connectivity index (χ1) is 12.3. The van der Waals surface area contributed by atoms with Crippen molar-refractivity contribution in [3.05, 3.63) is 0 Å². The maximum Gasteiger partial charge on any atom is 0.133 e. The summed E-state index contributed by atoms with van der Waals surface area (Å²) in [5.41, 5.74) is 0.656. The zero-order chi connectivity index (χ0) is 18.4. The van der Waals surface area contributed by atoms with Gasteiger partial charge in [0.15, 0.2) is 0 Å². The highest BCUT2D eigenvalue weighted by molar-refractivity contribution is 5.79. The Balaban J connectivity index is 1.54. The molecular weight excluding hydrogens is 322 g/mol. The average Bonchev–Trinajstić information content (AvgIpc) is 3.20. The highest BCUT2D eigenvalue weighted by atomic mass is 16.6. The monoisotopic (exact) mass is 359 g/mol. The third kappa shape index (κ3) is 2.22. The van der Waals surface area contributed by atoms with Crippen LogP contribution in [0.3, 0.4) is 0 Å². The van der Waals surface area contributed by atoms with Crippen LogP contribution in [0.4, 0.5) is 0 Å². The summed E-state index contributed by atoms with van der Waals surface area (Å²) in [6.07, 6.45) is 10.1. The van der Waals surface area contributed by atoms with Gasteiger partial charge >= 0.3 is 0 Å². The summed E-state index contributed by atoms with van der Waals surface area (Å²) in [5, 5.41) is 0. The Bertz CT molecular complexity index is 617. The Hall–Kier alpha value is -0.410. The summed E-state index contributed by atoms with van der Waals surface area (Å²) in [6, 6.07) is 0.615. The highest BCUT2D eigenvalue weighted by Crippen LogP contribution is 2.69. The number of ketones is 1. The Morgan fingerprint density at radius 1 is 1.00 bits per heavy atom. The Morgan fingerprint density at radius 2 is 1.77 bits per heavy atom. The van der Waals surface area contributed by atoms with Crippen molar-refractivity contribution in [1.29, 1.82) is 0 Å².